The Morgan fingerprint density at radius 3 is 3.15 bits per heavy atom. The van der Waals surface area contributed by atoms with Gasteiger partial charge in [-0.15, -0.1) is 11.3 Å². The number of carbonyl (C=O) groups excluding carboxylic acids is 1. The third-order valence-electron chi connectivity index (χ3n) is 2.19. The Kier molecular flexibility index (Phi) is 4.78. The minimum atomic E-state index is -0.433. The number of hydrogen-bond donors (Lipinski definition) is 1. The molecule has 1 N–H and O–H groups in total. The van der Waals surface area contributed by atoms with Crippen LogP contribution < -0.4 is 10.2 Å². The van der Waals surface area contributed by atoms with E-state index in [1.54, 1.807) is 6.07 Å². The van der Waals surface area contributed by atoms with Gasteiger partial charge in [-0.3, -0.25) is 4.79 Å². The van der Waals surface area contributed by atoms with E-state index in [4.69, 9.17) is 4.74 Å². The molecule has 1 aromatic carbocycles. The highest BCUT2D eigenvalue weighted by Gasteiger charge is 2.02. The summed E-state index contributed by atoms with van der Waals surface area (Å²) in [5.74, 6) is -0.559. The number of hydrogen-bond acceptors (Lipinski definition) is 5. The third-order valence-corrected chi connectivity index (χ3v) is 2.98. The Bertz CT molecular complexity index is 628. The van der Waals surface area contributed by atoms with Crippen LogP contribution in [0, 0.1) is 12.7 Å². The van der Waals surface area contributed by atoms with Crippen molar-refractivity contribution in [1.82, 2.24) is 10.4 Å². The highest BCUT2D eigenvalue weighted by molar-refractivity contribution is 7.09. The number of halogens is 1. The molecule has 1 aromatic heterocycles. The summed E-state index contributed by atoms with van der Waals surface area (Å²) in [6.07, 6.45) is 1.45. The first-order valence-corrected chi connectivity index (χ1v) is 6.64. The van der Waals surface area contributed by atoms with Crippen LogP contribution in [-0.4, -0.2) is 23.7 Å². The van der Waals surface area contributed by atoms with Crippen molar-refractivity contribution in [2.75, 3.05) is 6.61 Å². The van der Waals surface area contributed by atoms with Crippen molar-refractivity contribution >= 4 is 23.5 Å². The zero-order chi connectivity index (χ0) is 14.4. The van der Waals surface area contributed by atoms with E-state index in [1.807, 2.05) is 12.3 Å². The SMILES string of the molecule is Cc1nc(/C=N\NC(=O)COc2cccc(F)c2)cs1. The summed E-state index contributed by atoms with van der Waals surface area (Å²) < 4.78 is 18.0. The predicted octanol–water partition coefficient (Wildman–Crippen LogP) is 2.12. The third kappa shape index (κ3) is 4.43. The van der Waals surface area contributed by atoms with Crippen LogP contribution in [-0.2, 0) is 4.79 Å². The molecule has 0 bridgehead atoms. The van der Waals surface area contributed by atoms with E-state index in [-0.39, 0.29) is 6.61 Å². The zero-order valence-corrected chi connectivity index (χ0v) is 11.5. The van der Waals surface area contributed by atoms with E-state index in [2.05, 4.69) is 15.5 Å². The number of rotatable bonds is 5. The van der Waals surface area contributed by atoms with Crippen LogP contribution in [0.25, 0.3) is 0 Å². The molecule has 0 aliphatic rings. The molecule has 20 heavy (non-hydrogen) atoms. The van der Waals surface area contributed by atoms with E-state index >= 15 is 0 Å². The Morgan fingerprint density at radius 2 is 2.45 bits per heavy atom. The summed E-state index contributed by atoms with van der Waals surface area (Å²) in [4.78, 5) is 15.6. The molecule has 2 rings (SSSR count). The maximum atomic E-state index is 12.9. The minimum Gasteiger partial charge on any atom is -0.484 e. The smallest absolute Gasteiger partial charge is 0.277 e. The molecular weight excluding hydrogens is 281 g/mol. The largest absolute Gasteiger partial charge is 0.484 e. The maximum Gasteiger partial charge on any atom is 0.277 e. The molecule has 0 saturated carbocycles. The fraction of sp³-hybridized carbons (Fsp3) is 0.154. The number of carbonyl (C=O) groups is 1. The van der Waals surface area contributed by atoms with Crippen molar-refractivity contribution in [3.05, 3.63) is 46.2 Å². The lowest BCUT2D eigenvalue weighted by Gasteiger charge is -2.04. The van der Waals surface area contributed by atoms with Crippen LogP contribution in [0.2, 0.25) is 0 Å². The summed E-state index contributed by atoms with van der Waals surface area (Å²) in [5.41, 5.74) is 2.98. The number of nitrogens with zero attached hydrogens (tertiary/aromatic N) is 2. The number of benzene rings is 1. The van der Waals surface area contributed by atoms with E-state index in [1.165, 1.54) is 35.8 Å². The molecule has 0 unspecified atom stereocenters. The highest BCUT2D eigenvalue weighted by Crippen LogP contribution is 2.11. The van der Waals surface area contributed by atoms with Crippen LogP contribution in [0.15, 0.2) is 34.7 Å². The number of hydrazone groups is 1. The predicted molar refractivity (Wildman–Crippen MR) is 74.5 cm³/mol. The van der Waals surface area contributed by atoms with Gasteiger partial charge in [0.15, 0.2) is 6.61 Å². The van der Waals surface area contributed by atoms with Gasteiger partial charge in [-0.2, -0.15) is 5.10 Å². The summed E-state index contributed by atoms with van der Waals surface area (Å²) in [6.45, 7) is 1.64. The second-order valence-corrected chi connectivity index (χ2v) is 4.89. The number of aromatic nitrogens is 1. The van der Waals surface area contributed by atoms with Gasteiger partial charge in [-0.05, 0) is 19.1 Å². The Balaban J connectivity index is 1.77. The summed E-state index contributed by atoms with van der Waals surface area (Å²) in [7, 11) is 0. The van der Waals surface area contributed by atoms with Crippen molar-refractivity contribution < 1.29 is 13.9 Å². The fourth-order valence-electron chi connectivity index (χ4n) is 1.35. The minimum absolute atomic E-state index is 0.239. The number of amides is 1. The molecule has 2 aromatic rings. The summed E-state index contributed by atoms with van der Waals surface area (Å²) in [6, 6.07) is 5.57. The van der Waals surface area contributed by atoms with Gasteiger partial charge < -0.3 is 4.74 Å². The van der Waals surface area contributed by atoms with Crippen LogP contribution in [0.1, 0.15) is 10.7 Å². The maximum absolute atomic E-state index is 12.9. The van der Waals surface area contributed by atoms with Crippen molar-refractivity contribution in [2.45, 2.75) is 6.92 Å². The first kappa shape index (κ1) is 14.1. The molecule has 1 heterocycles. The van der Waals surface area contributed by atoms with Crippen molar-refractivity contribution in [1.29, 1.82) is 0 Å². The lowest BCUT2D eigenvalue weighted by molar-refractivity contribution is -0.123. The van der Waals surface area contributed by atoms with Gasteiger partial charge in [-0.1, -0.05) is 6.07 Å². The molecule has 0 aliphatic heterocycles. The molecule has 0 spiro atoms. The molecule has 1 amide bonds. The number of aryl methyl sites for hydroxylation is 1. The lowest BCUT2D eigenvalue weighted by Crippen LogP contribution is -2.24. The molecule has 0 saturated heterocycles. The average Bonchev–Trinajstić information content (AvgIpc) is 2.82. The van der Waals surface area contributed by atoms with Crippen molar-refractivity contribution in [3.63, 3.8) is 0 Å². The lowest BCUT2D eigenvalue weighted by atomic mass is 10.3. The first-order chi connectivity index (χ1) is 9.63. The number of thiazole rings is 1. The van der Waals surface area contributed by atoms with E-state index < -0.39 is 11.7 Å². The fourth-order valence-corrected chi connectivity index (χ4v) is 1.91. The average molecular weight is 293 g/mol. The van der Waals surface area contributed by atoms with Gasteiger partial charge in [-0.25, -0.2) is 14.8 Å². The van der Waals surface area contributed by atoms with Gasteiger partial charge >= 0.3 is 0 Å². The van der Waals surface area contributed by atoms with E-state index in [0.29, 0.717) is 11.4 Å². The van der Waals surface area contributed by atoms with Crippen molar-refractivity contribution in [2.24, 2.45) is 5.10 Å². The Hall–Kier alpha value is -2.28. The molecule has 0 radical (unpaired) electrons. The summed E-state index contributed by atoms with van der Waals surface area (Å²) in [5, 5.41) is 6.50. The van der Waals surface area contributed by atoms with E-state index in [9.17, 15) is 9.18 Å². The second-order valence-electron chi connectivity index (χ2n) is 3.83. The first-order valence-electron chi connectivity index (χ1n) is 5.76. The van der Waals surface area contributed by atoms with Gasteiger partial charge in [0, 0.05) is 11.4 Å². The topological polar surface area (TPSA) is 63.6 Å². The molecule has 5 nitrogen and oxygen atoms in total. The van der Waals surface area contributed by atoms with Gasteiger partial charge in [0.1, 0.15) is 11.6 Å². The van der Waals surface area contributed by atoms with Gasteiger partial charge in [0.25, 0.3) is 5.91 Å². The molecule has 0 atom stereocenters. The van der Waals surface area contributed by atoms with Crippen molar-refractivity contribution in [3.8, 4) is 5.75 Å². The van der Waals surface area contributed by atoms with Crippen LogP contribution in [0.4, 0.5) is 4.39 Å². The molecule has 104 valence electrons. The highest BCUT2D eigenvalue weighted by atomic mass is 32.1. The van der Waals surface area contributed by atoms with Crippen LogP contribution >= 0.6 is 11.3 Å². The number of nitrogens with one attached hydrogen (secondary N) is 1. The van der Waals surface area contributed by atoms with Gasteiger partial charge in [0.05, 0.1) is 16.9 Å². The summed E-state index contributed by atoms with van der Waals surface area (Å²) >= 11 is 1.50. The zero-order valence-electron chi connectivity index (χ0n) is 10.7. The van der Waals surface area contributed by atoms with Gasteiger partial charge in [0.2, 0.25) is 0 Å². The Labute approximate surface area is 119 Å². The van der Waals surface area contributed by atoms with Crippen LogP contribution in [0.5, 0.6) is 5.75 Å². The standard InChI is InChI=1S/C13H12FN3O2S/c1-9-16-11(8-20-9)6-15-17-13(18)7-19-12-4-2-3-10(14)5-12/h2-6,8H,7H2,1H3,(H,17,18)/b15-6-. The second kappa shape index (κ2) is 6.76. The monoisotopic (exact) mass is 293 g/mol. The molecule has 0 aliphatic carbocycles. The quantitative estimate of drug-likeness (QED) is 0.678. The molecular formula is C13H12FN3O2S. The molecule has 0 fully saturated rings. The van der Waals surface area contributed by atoms with Crippen LogP contribution in [0.3, 0.4) is 0 Å². The van der Waals surface area contributed by atoms with E-state index in [0.717, 1.165) is 5.01 Å². The Morgan fingerprint density at radius 1 is 1.60 bits per heavy atom. The number of ether oxygens (including phenoxy) is 1. The molecule has 7 heteroatoms. The normalized spacial score (nSPS) is 10.7.